The van der Waals surface area contributed by atoms with E-state index in [9.17, 15) is 25.5 Å². The molecule has 3 fully saturated rings. The Kier molecular flexibility index (Phi) is 14.2. The number of aliphatic imine (C=N–C) groups is 1. The number of phenols is 2. The maximum atomic E-state index is 12.4. The van der Waals surface area contributed by atoms with Gasteiger partial charge in [-0.1, -0.05) is 71.1 Å². The molecule has 380 valence electrons. The first-order valence-electron chi connectivity index (χ1n) is 27.3. The van der Waals surface area contributed by atoms with E-state index >= 15 is 0 Å². The molecule has 11 nitrogen and oxygen atoms in total. The molecule has 8 bridgehead atoms. The molecule has 0 aromatic heterocycles. The Morgan fingerprint density at radius 1 is 0.886 bits per heavy atom. The van der Waals surface area contributed by atoms with Gasteiger partial charge in [-0.05, 0) is 175 Å². The molecule has 0 amide bonds. The van der Waals surface area contributed by atoms with Crippen LogP contribution in [-0.2, 0) is 19.3 Å². The van der Waals surface area contributed by atoms with Gasteiger partial charge in [0, 0.05) is 49.2 Å². The van der Waals surface area contributed by atoms with Crippen molar-refractivity contribution in [3.63, 3.8) is 0 Å². The summed E-state index contributed by atoms with van der Waals surface area (Å²) in [5.74, 6) is 3.67. The van der Waals surface area contributed by atoms with Crippen LogP contribution in [0.15, 0.2) is 53.5 Å². The minimum Gasteiger partial charge on any atom is -0.508 e. The molecule has 10 atom stereocenters. The number of aliphatic hydroxyl groups is 3. The average molecular weight is 960 g/mol. The topological polar surface area (TPSA) is 179 Å². The Morgan fingerprint density at radius 2 is 1.66 bits per heavy atom. The van der Waals surface area contributed by atoms with Gasteiger partial charge in [0.15, 0.2) is 17.5 Å². The molecule has 0 unspecified atom stereocenters. The van der Waals surface area contributed by atoms with Crippen LogP contribution in [0.5, 0.6) is 28.7 Å². The second-order valence-corrected chi connectivity index (χ2v) is 23.5. The maximum Gasteiger partial charge on any atom is 0.188 e. The Labute approximate surface area is 416 Å². The molecule has 3 aromatic rings. The zero-order valence-corrected chi connectivity index (χ0v) is 42.3. The first kappa shape index (κ1) is 49.1. The average Bonchev–Trinajstić information content (AvgIpc) is 4.02. The van der Waals surface area contributed by atoms with Gasteiger partial charge in [0.2, 0.25) is 0 Å². The third-order valence-corrected chi connectivity index (χ3v) is 18.8. The number of benzene rings is 3. The van der Waals surface area contributed by atoms with Crippen LogP contribution in [0.25, 0.3) is 11.1 Å². The van der Waals surface area contributed by atoms with Gasteiger partial charge in [-0.25, -0.2) is 0 Å². The highest BCUT2D eigenvalue weighted by Crippen LogP contribution is 2.58. The number of aliphatic hydroxyl groups excluding tert-OH is 3. The number of guanidine groups is 1. The van der Waals surface area contributed by atoms with Crippen molar-refractivity contribution in [1.29, 1.82) is 0 Å². The predicted molar refractivity (Wildman–Crippen MR) is 275 cm³/mol. The number of phenolic OH excluding ortho intramolecular Hbond substituents is 2. The number of ether oxygens (including phenoxy) is 3. The highest BCUT2D eigenvalue weighted by molar-refractivity contribution is 5.84. The summed E-state index contributed by atoms with van der Waals surface area (Å²) in [6.07, 6.45) is 18.9. The van der Waals surface area contributed by atoms with Crippen LogP contribution in [0.4, 0.5) is 0 Å². The molecule has 13 rings (SSSR count). The Hall–Kier alpha value is -4.45. The molecule has 70 heavy (non-hydrogen) atoms. The zero-order chi connectivity index (χ0) is 48.9. The fraction of sp³-hybridized carbons (Fsp3) is 0.644. The Bertz CT molecular complexity index is 2420. The van der Waals surface area contributed by atoms with Crippen LogP contribution in [0.2, 0.25) is 0 Å². The lowest BCUT2D eigenvalue weighted by atomic mass is 9.59. The number of methoxy groups -OCH3 is 1. The molecule has 11 heteroatoms. The third kappa shape index (κ3) is 9.41. The van der Waals surface area contributed by atoms with Gasteiger partial charge >= 0.3 is 0 Å². The van der Waals surface area contributed by atoms with Gasteiger partial charge in [-0.3, -0.25) is 4.99 Å². The van der Waals surface area contributed by atoms with E-state index in [1.54, 1.807) is 13.2 Å². The smallest absolute Gasteiger partial charge is 0.188 e. The number of nitrogens with two attached hydrogens (primary N) is 1. The molecular formula is C59H81N3O8. The summed E-state index contributed by atoms with van der Waals surface area (Å²) in [5, 5.41) is 61.9. The lowest BCUT2D eigenvalue weighted by molar-refractivity contribution is -0.0614. The zero-order valence-electron chi connectivity index (χ0n) is 42.3. The van der Waals surface area contributed by atoms with E-state index in [0.29, 0.717) is 85.1 Å². The number of rotatable bonds is 5. The van der Waals surface area contributed by atoms with Crippen LogP contribution < -0.4 is 25.3 Å². The SMILES string of the molecule is CC[C@@H]1C[C@@H]2C=C[C@H]1C[C@@H](O)CC1(CCCC1)CN=C(N)NCC[C@@H]1[C@H](CCC3(CCCC3)[C@@H]1CO)Oc1cc(ccc1O)[C@@H]1Oc3cc(OC)c4c(c3C[C@H]1O)[C@H]2Cc1cc(O)c(CC(C)C)cc1-4. The first-order valence-corrected chi connectivity index (χ1v) is 27.3. The van der Waals surface area contributed by atoms with Crippen LogP contribution in [0.3, 0.4) is 0 Å². The summed E-state index contributed by atoms with van der Waals surface area (Å²) in [6, 6.07) is 11.5. The number of nitrogens with zero attached hydrogens (tertiary/aromatic N) is 1. The number of allylic oxidation sites excluding steroid dienone is 2. The van der Waals surface area contributed by atoms with E-state index < -0.39 is 18.3 Å². The molecule has 2 spiro atoms. The number of fused-ring (bicyclic) bond motifs is 2. The third-order valence-electron chi connectivity index (χ3n) is 18.8. The van der Waals surface area contributed by atoms with Crippen molar-refractivity contribution in [2.24, 2.45) is 57.1 Å². The minimum atomic E-state index is -0.903. The second kappa shape index (κ2) is 20.2. The van der Waals surface area contributed by atoms with Crippen molar-refractivity contribution in [3.05, 3.63) is 76.4 Å². The van der Waals surface area contributed by atoms with Crippen LogP contribution in [-0.4, -0.2) is 76.6 Å². The minimum absolute atomic E-state index is 0.00282. The van der Waals surface area contributed by atoms with E-state index in [1.807, 2.05) is 24.3 Å². The molecule has 3 saturated carbocycles. The highest BCUT2D eigenvalue weighted by atomic mass is 16.5. The largest absolute Gasteiger partial charge is 0.508 e. The van der Waals surface area contributed by atoms with Crippen molar-refractivity contribution < 1.29 is 39.7 Å². The van der Waals surface area contributed by atoms with Crippen molar-refractivity contribution >= 4 is 5.96 Å². The first-order chi connectivity index (χ1) is 33.8. The number of hydrogen-bond acceptors (Lipinski definition) is 11. The summed E-state index contributed by atoms with van der Waals surface area (Å²) in [4.78, 5) is 4.97. The molecule has 5 aliphatic heterocycles. The molecule has 0 radical (unpaired) electrons. The van der Waals surface area contributed by atoms with E-state index in [0.717, 1.165) is 110 Å². The van der Waals surface area contributed by atoms with Crippen LogP contribution in [0.1, 0.15) is 157 Å². The lowest BCUT2D eigenvalue weighted by Crippen LogP contribution is -2.49. The summed E-state index contributed by atoms with van der Waals surface area (Å²) >= 11 is 0. The molecule has 5 heterocycles. The van der Waals surface area contributed by atoms with Gasteiger partial charge in [-0.15, -0.1) is 0 Å². The summed E-state index contributed by atoms with van der Waals surface area (Å²) in [7, 11) is 1.72. The monoisotopic (exact) mass is 960 g/mol. The number of hydrogen-bond donors (Lipinski definition) is 7. The van der Waals surface area contributed by atoms with Gasteiger partial charge in [0.05, 0.1) is 19.3 Å². The molecule has 5 aliphatic carbocycles. The lowest BCUT2D eigenvalue weighted by Gasteiger charge is -2.49. The highest BCUT2D eigenvalue weighted by Gasteiger charge is 2.51. The maximum absolute atomic E-state index is 12.4. The summed E-state index contributed by atoms with van der Waals surface area (Å²) < 4.78 is 20.3. The van der Waals surface area contributed by atoms with E-state index in [4.69, 9.17) is 24.9 Å². The quantitative estimate of drug-likeness (QED) is 0.122. The molecule has 3 aromatic carbocycles. The molecular weight excluding hydrogens is 879 g/mol. The van der Waals surface area contributed by atoms with Crippen molar-refractivity contribution in [1.82, 2.24) is 5.32 Å². The normalized spacial score (nSPS) is 31.4. The predicted octanol–water partition coefficient (Wildman–Crippen LogP) is 10.2. The summed E-state index contributed by atoms with van der Waals surface area (Å²) in [6.45, 7) is 7.85. The summed E-state index contributed by atoms with van der Waals surface area (Å²) in [5.41, 5.74) is 13.6. The van der Waals surface area contributed by atoms with Crippen molar-refractivity contribution in [3.8, 4) is 39.9 Å². The van der Waals surface area contributed by atoms with Gasteiger partial charge in [0.1, 0.15) is 29.5 Å². The van der Waals surface area contributed by atoms with Gasteiger partial charge < -0.3 is 50.8 Å². The molecule has 8 N–H and O–H groups in total. The van der Waals surface area contributed by atoms with E-state index in [2.05, 4.69) is 44.3 Å². The Morgan fingerprint density at radius 3 is 2.40 bits per heavy atom. The van der Waals surface area contributed by atoms with Gasteiger partial charge in [0.25, 0.3) is 0 Å². The number of aromatic hydroxyl groups is 2. The van der Waals surface area contributed by atoms with Crippen molar-refractivity contribution in [2.75, 3.05) is 26.8 Å². The second-order valence-electron chi connectivity index (χ2n) is 23.5. The van der Waals surface area contributed by atoms with Gasteiger partial charge in [-0.2, -0.15) is 0 Å². The molecule has 0 saturated heterocycles. The molecule has 10 aliphatic rings. The fourth-order valence-electron chi connectivity index (χ4n) is 15.3. The van der Waals surface area contributed by atoms with E-state index in [-0.39, 0.29) is 58.9 Å². The Balaban J connectivity index is 1.07. The van der Waals surface area contributed by atoms with Crippen LogP contribution >= 0.6 is 0 Å². The fourth-order valence-corrected chi connectivity index (χ4v) is 15.3. The van der Waals surface area contributed by atoms with E-state index in [1.165, 1.54) is 12.8 Å². The number of nitrogens with one attached hydrogen (secondary N) is 1. The van der Waals surface area contributed by atoms with Crippen LogP contribution in [0, 0.1) is 46.3 Å². The standard InChI is InChI=1S/C59H81N3O8/c1-5-35-23-37-11-10-36(35)24-41(64)31-58(16-6-7-17-58)33-62-57(60)61-21-15-42-46(32-63)59(18-8-9-19-59)20-14-50(42)69-52-28-38(12-13-47(52)65)56-49(67)29-45-51(70-56)30-53(68-4)55-44-26-40(22-34(2)3)48(66)27-39(44)25-43(37)54(45)55/h10-13,26-28,30,34-37,41-43,46,49-50,56,63-67H,5-9,14-25,29,31-33H2,1-4H3,(H3,60,61,62)/t35-,36+,37+,41-,42+,43+,46-,49-,50+,56+/m1/s1. The van der Waals surface area contributed by atoms with Crippen molar-refractivity contribution in [2.45, 2.75) is 167 Å².